The van der Waals surface area contributed by atoms with Crippen LogP contribution in [0.4, 0.5) is 0 Å². The van der Waals surface area contributed by atoms with Crippen LogP contribution in [0.5, 0.6) is 0 Å². The SMILES string of the molecule is O=C1c2ccccc2-c2cccc3c2CC1c1c(-c2ccccc2)sc(Br)c1-3. The molecule has 0 aliphatic heterocycles. The highest BCUT2D eigenvalue weighted by Crippen LogP contribution is 2.56. The minimum Gasteiger partial charge on any atom is -0.293 e. The first-order valence-corrected chi connectivity index (χ1v) is 11.0. The van der Waals surface area contributed by atoms with E-state index in [0.717, 1.165) is 21.3 Å². The fourth-order valence-electron chi connectivity index (χ4n) is 4.75. The van der Waals surface area contributed by atoms with Crippen LogP contribution >= 0.6 is 27.3 Å². The Labute approximate surface area is 175 Å². The number of carbonyl (C=O) groups is 1. The molecule has 1 heterocycles. The number of rotatable bonds is 1. The predicted molar refractivity (Wildman–Crippen MR) is 119 cm³/mol. The van der Waals surface area contributed by atoms with E-state index in [-0.39, 0.29) is 11.7 Å². The maximum atomic E-state index is 13.7. The van der Waals surface area contributed by atoms with Crippen molar-refractivity contribution in [1.29, 1.82) is 0 Å². The summed E-state index contributed by atoms with van der Waals surface area (Å²) >= 11 is 5.58. The van der Waals surface area contributed by atoms with Crippen LogP contribution in [0.3, 0.4) is 0 Å². The molecule has 0 amide bonds. The van der Waals surface area contributed by atoms with Gasteiger partial charge in [0.15, 0.2) is 5.78 Å². The molecule has 2 aliphatic carbocycles. The fourth-order valence-corrected chi connectivity index (χ4v) is 6.77. The number of ketones is 1. The molecule has 134 valence electrons. The third-order valence-corrected chi connectivity index (χ3v) is 7.86. The number of thiophene rings is 1. The summed E-state index contributed by atoms with van der Waals surface area (Å²) in [5, 5.41) is 0. The molecule has 6 rings (SSSR count). The van der Waals surface area contributed by atoms with Gasteiger partial charge in [-0.25, -0.2) is 0 Å². The molecule has 1 atom stereocenters. The third-order valence-electron chi connectivity index (χ3n) is 5.94. The third kappa shape index (κ3) is 2.15. The molecule has 0 N–H and O–H groups in total. The van der Waals surface area contributed by atoms with Crippen molar-refractivity contribution in [3.63, 3.8) is 0 Å². The summed E-state index contributed by atoms with van der Waals surface area (Å²) in [6, 6.07) is 25.0. The fraction of sp³-hybridized carbons (Fsp3) is 0.0800. The molecule has 1 unspecified atom stereocenters. The molecule has 0 saturated carbocycles. The van der Waals surface area contributed by atoms with Crippen LogP contribution in [-0.2, 0) is 6.42 Å². The molecule has 2 bridgehead atoms. The summed E-state index contributed by atoms with van der Waals surface area (Å²) < 4.78 is 1.11. The van der Waals surface area contributed by atoms with Crippen LogP contribution in [0.25, 0.3) is 32.7 Å². The summed E-state index contributed by atoms with van der Waals surface area (Å²) in [5.74, 6) is 0.103. The number of Topliss-reactive ketones (excluding diaryl/α,β-unsaturated/α-hetero) is 1. The number of benzene rings is 3. The van der Waals surface area contributed by atoms with E-state index in [0.29, 0.717) is 0 Å². The minimum absolute atomic E-state index is 0.134. The van der Waals surface area contributed by atoms with E-state index in [4.69, 9.17) is 0 Å². The summed E-state index contributed by atoms with van der Waals surface area (Å²) in [5.41, 5.74) is 9.26. The van der Waals surface area contributed by atoms with Gasteiger partial charge in [-0.1, -0.05) is 72.8 Å². The Morgan fingerprint density at radius 3 is 2.29 bits per heavy atom. The van der Waals surface area contributed by atoms with E-state index in [2.05, 4.69) is 64.5 Å². The van der Waals surface area contributed by atoms with E-state index in [1.165, 1.54) is 38.3 Å². The van der Waals surface area contributed by atoms with Gasteiger partial charge in [-0.3, -0.25) is 4.79 Å². The van der Waals surface area contributed by atoms with Crippen LogP contribution in [0.1, 0.15) is 27.4 Å². The van der Waals surface area contributed by atoms with Crippen molar-refractivity contribution in [2.24, 2.45) is 0 Å². The van der Waals surface area contributed by atoms with Gasteiger partial charge in [0.25, 0.3) is 0 Å². The largest absolute Gasteiger partial charge is 0.293 e. The van der Waals surface area contributed by atoms with Crippen molar-refractivity contribution >= 4 is 33.0 Å². The molecule has 0 saturated heterocycles. The zero-order valence-corrected chi connectivity index (χ0v) is 17.3. The lowest BCUT2D eigenvalue weighted by atomic mass is 9.77. The molecule has 1 aromatic heterocycles. The maximum absolute atomic E-state index is 13.7. The van der Waals surface area contributed by atoms with Crippen LogP contribution in [0.15, 0.2) is 76.6 Å². The van der Waals surface area contributed by atoms with Crippen LogP contribution in [0, 0.1) is 0 Å². The predicted octanol–water partition coefficient (Wildman–Crippen LogP) is 7.35. The molecule has 2 aliphatic rings. The Hall–Kier alpha value is -2.49. The Morgan fingerprint density at radius 2 is 1.46 bits per heavy atom. The lowest BCUT2D eigenvalue weighted by molar-refractivity contribution is 0.0960. The molecule has 1 nitrogen and oxygen atoms in total. The number of fused-ring (bicyclic) bond motifs is 6. The van der Waals surface area contributed by atoms with Crippen molar-refractivity contribution in [3.8, 4) is 32.7 Å². The van der Waals surface area contributed by atoms with Gasteiger partial charge in [-0.2, -0.15) is 0 Å². The van der Waals surface area contributed by atoms with E-state index in [1.54, 1.807) is 11.3 Å². The first-order valence-electron chi connectivity index (χ1n) is 9.37. The standard InChI is InChI=1S/C25H15BrOS/c26-25-22-17-12-6-11-16-15-9-4-5-10-18(15)23(27)20(13-19(16)17)21(22)24(28-25)14-7-2-1-3-8-14/h1-12,20H,13H2. The van der Waals surface area contributed by atoms with Gasteiger partial charge < -0.3 is 0 Å². The normalized spacial score (nSPS) is 16.3. The topological polar surface area (TPSA) is 17.1 Å². The zero-order valence-electron chi connectivity index (χ0n) is 14.9. The maximum Gasteiger partial charge on any atom is 0.171 e. The smallest absolute Gasteiger partial charge is 0.171 e. The molecular weight excluding hydrogens is 428 g/mol. The van der Waals surface area contributed by atoms with Crippen molar-refractivity contribution in [3.05, 3.63) is 93.3 Å². The summed E-state index contributed by atoms with van der Waals surface area (Å²) in [7, 11) is 0. The lowest BCUT2D eigenvalue weighted by Crippen LogP contribution is -2.18. The Morgan fingerprint density at radius 1 is 0.786 bits per heavy atom. The van der Waals surface area contributed by atoms with Gasteiger partial charge >= 0.3 is 0 Å². The molecular formula is C25H15BrOS. The van der Waals surface area contributed by atoms with E-state index < -0.39 is 0 Å². The van der Waals surface area contributed by atoms with E-state index in [9.17, 15) is 4.79 Å². The molecule has 0 spiro atoms. The first kappa shape index (κ1) is 16.5. The average molecular weight is 443 g/mol. The van der Waals surface area contributed by atoms with Gasteiger partial charge in [0.05, 0.1) is 9.70 Å². The number of halogens is 1. The van der Waals surface area contributed by atoms with Gasteiger partial charge in [-0.05, 0) is 55.7 Å². The molecule has 0 radical (unpaired) electrons. The van der Waals surface area contributed by atoms with Crippen molar-refractivity contribution < 1.29 is 4.79 Å². The highest BCUT2D eigenvalue weighted by molar-refractivity contribution is 9.11. The second kappa shape index (κ2) is 6.00. The van der Waals surface area contributed by atoms with Crippen LogP contribution in [-0.4, -0.2) is 5.78 Å². The summed E-state index contributed by atoms with van der Waals surface area (Å²) in [6.07, 6.45) is 0.773. The number of hydrogen-bond acceptors (Lipinski definition) is 2. The Bertz CT molecular complexity index is 1270. The van der Waals surface area contributed by atoms with E-state index >= 15 is 0 Å². The van der Waals surface area contributed by atoms with Crippen molar-refractivity contribution in [1.82, 2.24) is 0 Å². The highest BCUT2D eigenvalue weighted by Gasteiger charge is 2.39. The number of carbonyl (C=O) groups excluding carboxylic acids is 1. The van der Waals surface area contributed by atoms with Gasteiger partial charge in [0.1, 0.15) is 0 Å². The Balaban J connectivity index is 1.74. The lowest BCUT2D eigenvalue weighted by Gasteiger charge is -2.25. The summed E-state index contributed by atoms with van der Waals surface area (Å²) in [6.45, 7) is 0. The van der Waals surface area contributed by atoms with Crippen LogP contribution < -0.4 is 0 Å². The quantitative estimate of drug-likeness (QED) is 0.301. The van der Waals surface area contributed by atoms with Gasteiger partial charge in [0.2, 0.25) is 0 Å². The second-order valence-corrected chi connectivity index (χ2v) is 9.70. The van der Waals surface area contributed by atoms with Crippen LogP contribution in [0.2, 0.25) is 0 Å². The second-order valence-electron chi connectivity index (χ2n) is 7.36. The number of hydrogen-bond donors (Lipinski definition) is 0. The Kier molecular flexibility index (Phi) is 3.53. The molecule has 3 heteroatoms. The monoisotopic (exact) mass is 442 g/mol. The average Bonchev–Trinajstić information content (AvgIpc) is 3.05. The molecule has 3 aromatic carbocycles. The zero-order chi connectivity index (χ0) is 18.8. The van der Waals surface area contributed by atoms with Crippen molar-refractivity contribution in [2.75, 3.05) is 0 Å². The summed E-state index contributed by atoms with van der Waals surface area (Å²) in [4.78, 5) is 14.9. The van der Waals surface area contributed by atoms with Gasteiger partial charge in [-0.15, -0.1) is 11.3 Å². The van der Waals surface area contributed by atoms with Crippen molar-refractivity contribution in [2.45, 2.75) is 12.3 Å². The van der Waals surface area contributed by atoms with E-state index in [1.807, 2.05) is 24.3 Å². The minimum atomic E-state index is -0.134. The first-order chi connectivity index (χ1) is 13.7. The molecule has 4 aromatic rings. The van der Waals surface area contributed by atoms with Gasteiger partial charge in [0, 0.05) is 16.0 Å². The highest BCUT2D eigenvalue weighted by atomic mass is 79.9. The molecule has 28 heavy (non-hydrogen) atoms. The molecule has 0 fully saturated rings.